The highest BCUT2D eigenvalue weighted by molar-refractivity contribution is 6.32. The summed E-state index contributed by atoms with van der Waals surface area (Å²) in [6.45, 7) is 7.19. The number of hydrogen-bond donors (Lipinski definition) is 0. The molecule has 1 aromatic rings. The van der Waals surface area contributed by atoms with Crippen LogP contribution in [0.3, 0.4) is 0 Å². The molecule has 1 amide bonds. The van der Waals surface area contributed by atoms with E-state index in [9.17, 15) is 4.79 Å². The third-order valence-corrected chi connectivity index (χ3v) is 3.08. The van der Waals surface area contributed by atoms with Crippen LogP contribution in [0.5, 0.6) is 5.75 Å². The normalized spacial score (nSPS) is 10.2. The van der Waals surface area contributed by atoms with Gasteiger partial charge in [0, 0.05) is 18.7 Å². The molecule has 94 valence electrons. The molecule has 4 heteroatoms. The van der Waals surface area contributed by atoms with Gasteiger partial charge in [0.05, 0.1) is 12.1 Å². The number of carbonyl (C=O) groups is 1. The molecule has 0 heterocycles. The number of ether oxygens (including phenoxy) is 1. The van der Waals surface area contributed by atoms with E-state index in [1.165, 1.54) is 0 Å². The first-order valence-corrected chi connectivity index (χ1v) is 6.06. The molecule has 1 rings (SSSR count). The summed E-state index contributed by atoms with van der Waals surface area (Å²) in [5.41, 5.74) is 1.52. The Balaban J connectivity index is 3.14. The Morgan fingerprint density at radius 3 is 2.41 bits per heavy atom. The molecule has 0 saturated carbocycles. The first-order valence-electron chi connectivity index (χ1n) is 5.68. The van der Waals surface area contributed by atoms with Crippen LogP contribution >= 0.6 is 11.6 Å². The minimum absolute atomic E-state index is 0.0112. The zero-order valence-corrected chi connectivity index (χ0v) is 11.5. The third kappa shape index (κ3) is 2.91. The number of rotatable bonds is 4. The van der Waals surface area contributed by atoms with Crippen LogP contribution in [-0.2, 0) is 0 Å². The van der Waals surface area contributed by atoms with Crippen LogP contribution in [0.4, 0.5) is 0 Å². The molecule has 0 radical (unpaired) electrons. The minimum atomic E-state index is 0.0112. The monoisotopic (exact) mass is 255 g/mol. The summed E-state index contributed by atoms with van der Waals surface area (Å²) in [6.07, 6.45) is 0. The second kappa shape index (κ2) is 5.92. The van der Waals surface area contributed by atoms with E-state index in [0.717, 1.165) is 5.56 Å². The smallest absolute Gasteiger partial charge is 0.254 e. The van der Waals surface area contributed by atoms with Crippen molar-refractivity contribution in [2.24, 2.45) is 0 Å². The SMILES string of the molecule is CCN(CC)C(=O)c1cc(Cl)c(OC)cc1C. The Labute approximate surface area is 107 Å². The van der Waals surface area contributed by atoms with Gasteiger partial charge in [0.25, 0.3) is 5.91 Å². The zero-order chi connectivity index (χ0) is 13.0. The average Bonchev–Trinajstić information content (AvgIpc) is 2.32. The fourth-order valence-corrected chi connectivity index (χ4v) is 1.96. The summed E-state index contributed by atoms with van der Waals surface area (Å²) in [6, 6.07) is 3.47. The molecule has 0 aliphatic heterocycles. The lowest BCUT2D eigenvalue weighted by atomic mass is 10.1. The van der Waals surface area contributed by atoms with Crippen LogP contribution in [0.2, 0.25) is 5.02 Å². The minimum Gasteiger partial charge on any atom is -0.495 e. The van der Waals surface area contributed by atoms with Crippen LogP contribution in [0.1, 0.15) is 29.8 Å². The lowest BCUT2D eigenvalue weighted by Gasteiger charge is -2.20. The topological polar surface area (TPSA) is 29.5 Å². The lowest BCUT2D eigenvalue weighted by molar-refractivity contribution is 0.0772. The molecule has 0 spiro atoms. The van der Waals surface area contributed by atoms with Crippen molar-refractivity contribution < 1.29 is 9.53 Å². The summed E-state index contributed by atoms with van der Waals surface area (Å²) >= 11 is 6.04. The van der Waals surface area contributed by atoms with Crippen molar-refractivity contribution in [3.63, 3.8) is 0 Å². The van der Waals surface area contributed by atoms with Crippen molar-refractivity contribution in [2.45, 2.75) is 20.8 Å². The van der Waals surface area contributed by atoms with Crippen molar-refractivity contribution in [2.75, 3.05) is 20.2 Å². The van der Waals surface area contributed by atoms with Gasteiger partial charge in [0.2, 0.25) is 0 Å². The molecule has 0 bridgehead atoms. The molecule has 0 atom stereocenters. The maximum atomic E-state index is 12.2. The molecule has 0 aliphatic carbocycles. The summed E-state index contributed by atoms with van der Waals surface area (Å²) in [5.74, 6) is 0.609. The highest BCUT2D eigenvalue weighted by atomic mass is 35.5. The molecular weight excluding hydrogens is 238 g/mol. The average molecular weight is 256 g/mol. The van der Waals surface area contributed by atoms with Gasteiger partial charge in [-0.05, 0) is 38.5 Å². The van der Waals surface area contributed by atoms with Crippen molar-refractivity contribution >= 4 is 17.5 Å². The molecule has 0 saturated heterocycles. The second-order valence-corrected chi connectivity index (χ2v) is 4.19. The summed E-state index contributed by atoms with van der Waals surface area (Å²) in [5, 5.41) is 0.466. The predicted octanol–water partition coefficient (Wildman–Crippen LogP) is 3.14. The molecular formula is C13H18ClNO2. The fraction of sp³-hybridized carbons (Fsp3) is 0.462. The first kappa shape index (κ1) is 13.8. The Bertz CT molecular complexity index is 414. The number of amides is 1. The number of carbonyl (C=O) groups excluding carboxylic acids is 1. The van der Waals surface area contributed by atoms with Gasteiger partial charge in [0.15, 0.2) is 0 Å². The van der Waals surface area contributed by atoms with Gasteiger partial charge < -0.3 is 9.64 Å². The van der Waals surface area contributed by atoms with Crippen LogP contribution in [0.25, 0.3) is 0 Å². The number of benzene rings is 1. The first-order chi connectivity index (χ1) is 8.04. The lowest BCUT2D eigenvalue weighted by Crippen LogP contribution is -2.31. The number of nitrogens with zero attached hydrogens (tertiary/aromatic N) is 1. The van der Waals surface area contributed by atoms with E-state index in [2.05, 4.69) is 0 Å². The van der Waals surface area contributed by atoms with E-state index in [-0.39, 0.29) is 5.91 Å². The van der Waals surface area contributed by atoms with Gasteiger partial charge >= 0.3 is 0 Å². The Kier molecular flexibility index (Phi) is 4.82. The summed E-state index contributed by atoms with van der Waals surface area (Å²) < 4.78 is 5.12. The van der Waals surface area contributed by atoms with Gasteiger partial charge in [-0.15, -0.1) is 0 Å². The van der Waals surface area contributed by atoms with Crippen molar-refractivity contribution in [3.05, 3.63) is 28.3 Å². The second-order valence-electron chi connectivity index (χ2n) is 3.78. The van der Waals surface area contributed by atoms with Crippen LogP contribution in [0, 0.1) is 6.92 Å². The fourth-order valence-electron chi connectivity index (χ4n) is 1.72. The van der Waals surface area contributed by atoms with Gasteiger partial charge in [-0.25, -0.2) is 0 Å². The van der Waals surface area contributed by atoms with Crippen molar-refractivity contribution in [1.82, 2.24) is 4.90 Å². The highest BCUT2D eigenvalue weighted by Gasteiger charge is 2.17. The maximum Gasteiger partial charge on any atom is 0.254 e. The quantitative estimate of drug-likeness (QED) is 0.827. The molecule has 0 unspecified atom stereocenters. The molecule has 1 aromatic carbocycles. The van der Waals surface area contributed by atoms with Gasteiger partial charge in [-0.3, -0.25) is 4.79 Å². The van der Waals surface area contributed by atoms with Gasteiger partial charge in [-0.1, -0.05) is 11.6 Å². The van der Waals surface area contributed by atoms with Gasteiger partial charge in [-0.2, -0.15) is 0 Å². The molecule has 0 N–H and O–H groups in total. The standard InChI is InChI=1S/C13H18ClNO2/c1-5-15(6-2)13(16)10-8-11(14)12(17-4)7-9(10)3/h7-8H,5-6H2,1-4H3. The molecule has 0 aliphatic rings. The highest BCUT2D eigenvalue weighted by Crippen LogP contribution is 2.28. The van der Waals surface area contributed by atoms with Crippen molar-refractivity contribution in [1.29, 1.82) is 0 Å². The van der Waals surface area contributed by atoms with E-state index in [1.54, 1.807) is 24.1 Å². The summed E-state index contributed by atoms with van der Waals surface area (Å²) in [7, 11) is 1.56. The van der Waals surface area contributed by atoms with E-state index >= 15 is 0 Å². The third-order valence-electron chi connectivity index (χ3n) is 2.78. The van der Waals surface area contributed by atoms with E-state index < -0.39 is 0 Å². The number of methoxy groups -OCH3 is 1. The molecule has 3 nitrogen and oxygen atoms in total. The van der Waals surface area contributed by atoms with Crippen molar-refractivity contribution in [3.8, 4) is 5.75 Å². The van der Waals surface area contributed by atoms with Gasteiger partial charge in [0.1, 0.15) is 5.75 Å². The van der Waals surface area contributed by atoms with Crippen LogP contribution < -0.4 is 4.74 Å². The largest absolute Gasteiger partial charge is 0.495 e. The predicted molar refractivity (Wildman–Crippen MR) is 70.0 cm³/mol. The summed E-state index contributed by atoms with van der Waals surface area (Å²) in [4.78, 5) is 14.0. The maximum absolute atomic E-state index is 12.2. The Morgan fingerprint density at radius 2 is 1.94 bits per heavy atom. The van der Waals surface area contributed by atoms with Crippen LogP contribution in [-0.4, -0.2) is 31.0 Å². The molecule has 0 aromatic heterocycles. The number of halogens is 1. The Hall–Kier alpha value is -1.22. The van der Waals surface area contributed by atoms with Crippen LogP contribution in [0.15, 0.2) is 12.1 Å². The van der Waals surface area contributed by atoms with E-state index in [1.807, 2.05) is 20.8 Å². The zero-order valence-electron chi connectivity index (χ0n) is 10.7. The Morgan fingerprint density at radius 1 is 1.35 bits per heavy atom. The molecule has 0 fully saturated rings. The van der Waals surface area contributed by atoms with E-state index in [4.69, 9.17) is 16.3 Å². The number of aryl methyl sites for hydroxylation is 1. The number of hydrogen-bond acceptors (Lipinski definition) is 2. The van der Waals surface area contributed by atoms with E-state index in [0.29, 0.717) is 29.4 Å². The molecule has 17 heavy (non-hydrogen) atoms.